The molecule has 0 heterocycles. The molecule has 112 valence electrons. The topological polar surface area (TPSA) is 12.0 Å². The van der Waals surface area contributed by atoms with Crippen LogP contribution >= 0.6 is 15.9 Å². The maximum Gasteiger partial charge on any atom is 0.416 e. The Balaban J connectivity index is 2.21. The van der Waals surface area contributed by atoms with Crippen molar-refractivity contribution in [1.29, 1.82) is 0 Å². The number of nitrogens with one attached hydrogen (secondary N) is 1. The minimum Gasteiger partial charge on any atom is -0.381 e. The van der Waals surface area contributed by atoms with Crippen LogP contribution in [0.2, 0.25) is 0 Å². The number of anilines is 1. The van der Waals surface area contributed by atoms with Gasteiger partial charge < -0.3 is 5.32 Å². The van der Waals surface area contributed by atoms with E-state index in [0.29, 0.717) is 0 Å². The molecule has 0 atom stereocenters. The summed E-state index contributed by atoms with van der Waals surface area (Å²) in [6.07, 6.45) is -3.52. The van der Waals surface area contributed by atoms with Crippen molar-refractivity contribution >= 4 is 21.6 Å². The average molecular weight is 358 g/mol. The molecule has 0 aliphatic heterocycles. The predicted octanol–water partition coefficient (Wildman–Crippen LogP) is 5.64. The Hall–Kier alpha value is -1.49. The second-order valence-corrected chi connectivity index (χ2v) is 5.58. The van der Waals surface area contributed by atoms with Crippen molar-refractivity contribution in [1.82, 2.24) is 0 Å². The summed E-state index contributed by atoms with van der Waals surface area (Å²) < 4.78 is 39.8. The molecule has 2 aromatic carbocycles. The number of benzene rings is 2. The molecular formula is C16H15BrF3N. The normalized spacial score (nSPS) is 11.5. The third kappa shape index (κ3) is 4.00. The van der Waals surface area contributed by atoms with Crippen molar-refractivity contribution in [2.75, 3.05) is 5.32 Å². The molecular weight excluding hydrogens is 343 g/mol. The van der Waals surface area contributed by atoms with Crippen LogP contribution in [0.4, 0.5) is 18.9 Å². The number of rotatable bonds is 4. The number of hydrogen-bond donors (Lipinski definition) is 1. The van der Waals surface area contributed by atoms with Crippen LogP contribution in [-0.2, 0) is 19.1 Å². The molecule has 0 amide bonds. The van der Waals surface area contributed by atoms with Gasteiger partial charge in [0.25, 0.3) is 0 Å². The molecule has 0 unspecified atom stereocenters. The smallest absolute Gasteiger partial charge is 0.381 e. The van der Waals surface area contributed by atoms with Crippen LogP contribution in [-0.4, -0.2) is 0 Å². The van der Waals surface area contributed by atoms with Gasteiger partial charge in [0.05, 0.1) is 5.56 Å². The average Bonchev–Trinajstić information content (AvgIpc) is 2.45. The highest BCUT2D eigenvalue weighted by Gasteiger charge is 2.32. The van der Waals surface area contributed by atoms with E-state index in [9.17, 15) is 13.2 Å². The Bertz CT molecular complexity index is 623. The van der Waals surface area contributed by atoms with Crippen molar-refractivity contribution in [2.45, 2.75) is 26.1 Å². The first kappa shape index (κ1) is 15.9. The van der Waals surface area contributed by atoms with Gasteiger partial charge in [-0.3, -0.25) is 0 Å². The zero-order valence-corrected chi connectivity index (χ0v) is 13.1. The van der Waals surface area contributed by atoms with E-state index in [1.54, 1.807) is 6.07 Å². The molecule has 0 saturated carbocycles. The van der Waals surface area contributed by atoms with Gasteiger partial charge in [-0.1, -0.05) is 41.1 Å². The molecule has 0 fully saturated rings. The highest BCUT2D eigenvalue weighted by atomic mass is 79.9. The molecule has 1 N–H and O–H groups in total. The SMILES string of the molecule is CCc1cc(Br)ccc1NCc1ccccc1C(F)(F)F. The van der Waals surface area contributed by atoms with Gasteiger partial charge in [0.1, 0.15) is 0 Å². The minimum absolute atomic E-state index is 0.143. The van der Waals surface area contributed by atoms with Crippen molar-refractivity contribution in [3.8, 4) is 0 Å². The summed E-state index contributed by atoms with van der Waals surface area (Å²) in [6, 6.07) is 11.4. The first-order chi connectivity index (χ1) is 9.91. The maximum atomic E-state index is 12.9. The maximum absolute atomic E-state index is 12.9. The lowest BCUT2D eigenvalue weighted by Gasteiger charge is -2.15. The second kappa shape index (κ2) is 6.52. The summed E-state index contributed by atoms with van der Waals surface area (Å²) in [5.74, 6) is 0. The molecule has 0 aliphatic carbocycles. The molecule has 0 radical (unpaired) electrons. The lowest BCUT2D eigenvalue weighted by atomic mass is 10.1. The molecule has 0 saturated heterocycles. The molecule has 0 spiro atoms. The van der Waals surface area contributed by atoms with Gasteiger partial charge >= 0.3 is 6.18 Å². The van der Waals surface area contributed by atoms with E-state index in [4.69, 9.17) is 0 Å². The van der Waals surface area contributed by atoms with Gasteiger partial charge in [-0.2, -0.15) is 13.2 Å². The zero-order chi connectivity index (χ0) is 15.5. The number of aryl methyl sites for hydroxylation is 1. The monoisotopic (exact) mass is 357 g/mol. The Kier molecular flexibility index (Phi) is 4.93. The minimum atomic E-state index is -4.33. The third-order valence-corrected chi connectivity index (χ3v) is 3.73. The number of alkyl halides is 3. The number of hydrogen-bond acceptors (Lipinski definition) is 1. The fourth-order valence-corrected chi connectivity index (χ4v) is 2.58. The summed E-state index contributed by atoms with van der Waals surface area (Å²) in [6.45, 7) is 2.15. The van der Waals surface area contributed by atoms with Gasteiger partial charge in [0.2, 0.25) is 0 Å². The van der Waals surface area contributed by atoms with Gasteiger partial charge in [-0.25, -0.2) is 0 Å². The van der Waals surface area contributed by atoms with Gasteiger partial charge in [0, 0.05) is 16.7 Å². The van der Waals surface area contributed by atoms with Crippen LogP contribution in [0.5, 0.6) is 0 Å². The Labute approximate surface area is 130 Å². The summed E-state index contributed by atoms with van der Waals surface area (Å²) in [5, 5.41) is 3.10. The largest absolute Gasteiger partial charge is 0.416 e. The van der Waals surface area contributed by atoms with Crippen molar-refractivity contribution in [3.63, 3.8) is 0 Å². The Morgan fingerprint density at radius 1 is 1.05 bits per heavy atom. The van der Waals surface area contributed by atoms with E-state index in [1.807, 2.05) is 25.1 Å². The van der Waals surface area contributed by atoms with E-state index < -0.39 is 11.7 Å². The van der Waals surface area contributed by atoms with Crippen LogP contribution in [0.1, 0.15) is 23.6 Å². The van der Waals surface area contributed by atoms with Crippen molar-refractivity contribution < 1.29 is 13.2 Å². The molecule has 5 heteroatoms. The molecule has 21 heavy (non-hydrogen) atoms. The fraction of sp³-hybridized carbons (Fsp3) is 0.250. The highest BCUT2D eigenvalue weighted by Crippen LogP contribution is 2.32. The van der Waals surface area contributed by atoms with Gasteiger partial charge in [-0.05, 0) is 41.8 Å². The van der Waals surface area contributed by atoms with Crippen LogP contribution < -0.4 is 5.32 Å². The quantitative estimate of drug-likeness (QED) is 0.746. The summed E-state index contributed by atoms with van der Waals surface area (Å²) in [7, 11) is 0. The van der Waals surface area contributed by atoms with Crippen LogP contribution in [0.15, 0.2) is 46.9 Å². The van der Waals surface area contributed by atoms with Gasteiger partial charge in [0.15, 0.2) is 0 Å². The lowest BCUT2D eigenvalue weighted by molar-refractivity contribution is -0.138. The van der Waals surface area contributed by atoms with E-state index in [-0.39, 0.29) is 12.1 Å². The summed E-state index contributed by atoms with van der Waals surface area (Å²) >= 11 is 3.39. The van der Waals surface area contributed by atoms with E-state index >= 15 is 0 Å². The van der Waals surface area contributed by atoms with Crippen LogP contribution in [0.25, 0.3) is 0 Å². The molecule has 2 aromatic rings. The number of halogens is 4. The van der Waals surface area contributed by atoms with Crippen molar-refractivity contribution in [3.05, 3.63) is 63.6 Å². The molecule has 0 bridgehead atoms. The van der Waals surface area contributed by atoms with Crippen LogP contribution in [0.3, 0.4) is 0 Å². The first-order valence-corrected chi connectivity index (χ1v) is 7.38. The summed E-state index contributed by atoms with van der Waals surface area (Å²) in [4.78, 5) is 0. The van der Waals surface area contributed by atoms with E-state index in [1.165, 1.54) is 12.1 Å². The third-order valence-electron chi connectivity index (χ3n) is 3.24. The molecule has 1 nitrogen and oxygen atoms in total. The predicted molar refractivity (Wildman–Crippen MR) is 82.3 cm³/mol. The van der Waals surface area contributed by atoms with E-state index in [2.05, 4.69) is 21.2 Å². The molecule has 0 aromatic heterocycles. The Morgan fingerprint density at radius 3 is 2.43 bits per heavy atom. The second-order valence-electron chi connectivity index (χ2n) is 4.66. The van der Waals surface area contributed by atoms with Gasteiger partial charge in [-0.15, -0.1) is 0 Å². The summed E-state index contributed by atoms with van der Waals surface area (Å²) in [5.41, 5.74) is 1.58. The first-order valence-electron chi connectivity index (χ1n) is 6.59. The van der Waals surface area contributed by atoms with E-state index in [0.717, 1.165) is 28.2 Å². The standard InChI is InChI=1S/C16H15BrF3N/c1-2-11-9-13(17)7-8-15(11)21-10-12-5-3-4-6-14(12)16(18,19)20/h3-9,21H,2,10H2,1H3. The molecule has 0 aliphatic rings. The van der Waals surface area contributed by atoms with Crippen molar-refractivity contribution in [2.24, 2.45) is 0 Å². The molecule has 2 rings (SSSR count). The lowest BCUT2D eigenvalue weighted by Crippen LogP contribution is -2.12. The fourth-order valence-electron chi connectivity index (χ4n) is 2.17. The highest BCUT2D eigenvalue weighted by molar-refractivity contribution is 9.10. The van der Waals surface area contributed by atoms with Crippen LogP contribution in [0, 0.1) is 0 Å². The zero-order valence-electron chi connectivity index (χ0n) is 11.5. The Morgan fingerprint density at radius 2 is 1.76 bits per heavy atom.